The summed E-state index contributed by atoms with van der Waals surface area (Å²) in [4.78, 5) is 11.8. The van der Waals surface area contributed by atoms with E-state index < -0.39 is 0 Å². The van der Waals surface area contributed by atoms with Gasteiger partial charge in [-0.05, 0) is 30.2 Å². The molecule has 15 heavy (non-hydrogen) atoms. The molecule has 1 nitrogen and oxygen atoms in total. The van der Waals surface area contributed by atoms with Crippen LogP contribution in [0.4, 0.5) is 0 Å². The minimum absolute atomic E-state index is 0.313. The number of aryl methyl sites for hydroxylation is 1. The molecule has 2 rings (SSSR count). The lowest BCUT2D eigenvalue weighted by atomic mass is 9.97. The molecule has 0 N–H and O–H groups in total. The van der Waals surface area contributed by atoms with Crippen LogP contribution in [0.1, 0.15) is 11.1 Å². The highest BCUT2D eigenvalue weighted by atomic mass is 79.9. The van der Waals surface area contributed by atoms with Gasteiger partial charge >= 0.3 is 0 Å². The van der Waals surface area contributed by atoms with Crippen LogP contribution in [0.2, 0.25) is 0 Å². The third-order valence-corrected chi connectivity index (χ3v) is 4.54. The van der Waals surface area contributed by atoms with E-state index in [4.69, 9.17) is 0 Å². The summed E-state index contributed by atoms with van der Waals surface area (Å²) in [6, 6.07) is 6.13. The van der Waals surface area contributed by atoms with Crippen LogP contribution >= 0.6 is 27.7 Å². The highest BCUT2D eigenvalue weighted by Crippen LogP contribution is 2.27. The fourth-order valence-corrected chi connectivity index (χ4v) is 2.84. The highest BCUT2D eigenvalue weighted by molar-refractivity contribution is 9.10. The number of hydrogen-bond acceptors (Lipinski definition) is 2. The van der Waals surface area contributed by atoms with Gasteiger partial charge in [0.2, 0.25) is 0 Å². The van der Waals surface area contributed by atoms with Crippen molar-refractivity contribution in [3.8, 4) is 0 Å². The topological polar surface area (TPSA) is 17.1 Å². The molecule has 1 aliphatic rings. The number of benzene rings is 1. The van der Waals surface area contributed by atoms with E-state index in [9.17, 15) is 4.79 Å². The minimum Gasteiger partial charge on any atom is -0.299 e. The third-order valence-electron chi connectivity index (χ3n) is 2.77. The van der Waals surface area contributed by atoms with Crippen molar-refractivity contribution in [2.75, 3.05) is 11.5 Å². The van der Waals surface area contributed by atoms with E-state index in [-0.39, 0.29) is 0 Å². The normalized spacial score (nSPS) is 16.1. The second-order valence-electron chi connectivity index (χ2n) is 3.95. The van der Waals surface area contributed by atoms with Crippen molar-refractivity contribution in [1.82, 2.24) is 0 Å². The minimum atomic E-state index is 0.313. The fourth-order valence-electron chi connectivity index (χ4n) is 1.58. The molecular formula is C12H13BrOS. The summed E-state index contributed by atoms with van der Waals surface area (Å²) < 4.78 is 1.05. The van der Waals surface area contributed by atoms with Gasteiger partial charge in [0, 0.05) is 28.3 Å². The van der Waals surface area contributed by atoms with Crippen LogP contribution in [0.25, 0.3) is 0 Å². The molecule has 1 aromatic carbocycles. The predicted molar refractivity (Wildman–Crippen MR) is 68.4 cm³/mol. The number of Topliss-reactive ketones (excluding diaryl/α,β-unsaturated/α-hetero) is 1. The monoisotopic (exact) mass is 284 g/mol. The molecule has 1 aliphatic heterocycles. The molecule has 0 saturated carbocycles. The van der Waals surface area contributed by atoms with Crippen LogP contribution in [0.3, 0.4) is 0 Å². The Hall–Kier alpha value is -0.280. The van der Waals surface area contributed by atoms with Gasteiger partial charge < -0.3 is 0 Å². The van der Waals surface area contributed by atoms with Crippen molar-refractivity contribution in [3.05, 3.63) is 33.8 Å². The van der Waals surface area contributed by atoms with E-state index >= 15 is 0 Å². The summed E-state index contributed by atoms with van der Waals surface area (Å²) >= 11 is 5.30. The zero-order chi connectivity index (χ0) is 10.8. The summed E-state index contributed by atoms with van der Waals surface area (Å²) in [5.41, 5.74) is 2.37. The maximum atomic E-state index is 11.8. The predicted octanol–water partition coefficient (Wildman–Crippen LogP) is 3.23. The highest BCUT2D eigenvalue weighted by Gasteiger charge is 2.25. The smallest absolute Gasteiger partial charge is 0.141 e. The standard InChI is InChI=1S/C12H13BrOS/c1-8-2-3-11(13)4-9(8)5-12(14)10-6-15-7-10/h2-4,10H,5-7H2,1H3. The zero-order valence-corrected chi connectivity index (χ0v) is 11.0. The lowest BCUT2D eigenvalue weighted by Gasteiger charge is -2.23. The van der Waals surface area contributed by atoms with Gasteiger partial charge in [0.15, 0.2) is 0 Å². The number of ketones is 1. The second kappa shape index (κ2) is 4.71. The summed E-state index contributed by atoms with van der Waals surface area (Å²) in [6.45, 7) is 2.06. The molecular weight excluding hydrogens is 272 g/mol. The van der Waals surface area contributed by atoms with Gasteiger partial charge in [-0.1, -0.05) is 22.0 Å². The SMILES string of the molecule is Cc1ccc(Br)cc1CC(=O)C1CSC1. The fraction of sp³-hybridized carbons (Fsp3) is 0.417. The number of carbonyl (C=O) groups excluding carboxylic acids is 1. The molecule has 0 unspecified atom stereocenters. The zero-order valence-electron chi connectivity index (χ0n) is 8.63. The van der Waals surface area contributed by atoms with Gasteiger partial charge in [-0.2, -0.15) is 11.8 Å². The molecule has 1 heterocycles. The molecule has 1 fully saturated rings. The molecule has 0 spiro atoms. The summed E-state index contributed by atoms with van der Waals surface area (Å²) in [5.74, 6) is 2.75. The Morgan fingerprint density at radius 1 is 1.53 bits per heavy atom. The summed E-state index contributed by atoms with van der Waals surface area (Å²) in [5, 5.41) is 0. The van der Waals surface area contributed by atoms with Gasteiger partial charge in [0.05, 0.1) is 0 Å². The Balaban J connectivity index is 2.09. The number of halogens is 1. The molecule has 0 aromatic heterocycles. The van der Waals surface area contributed by atoms with E-state index in [2.05, 4.69) is 35.0 Å². The Morgan fingerprint density at radius 3 is 2.87 bits per heavy atom. The maximum Gasteiger partial charge on any atom is 0.141 e. The van der Waals surface area contributed by atoms with Crippen LogP contribution in [0, 0.1) is 12.8 Å². The van der Waals surface area contributed by atoms with Crippen LogP contribution in [0.5, 0.6) is 0 Å². The van der Waals surface area contributed by atoms with Gasteiger partial charge in [0.1, 0.15) is 5.78 Å². The van der Waals surface area contributed by atoms with Gasteiger partial charge in [-0.15, -0.1) is 0 Å². The quantitative estimate of drug-likeness (QED) is 0.848. The molecule has 0 radical (unpaired) electrons. The van der Waals surface area contributed by atoms with Crippen LogP contribution < -0.4 is 0 Å². The summed E-state index contributed by atoms with van der Waals surface area (Å²) in [6.07, 6.45) is 0.594. The lowest BCUT2D eigenvalue weighted by molar-refractivity contribution is -0.121. The van der Waals surface area contributed by atoms with Gasteiger partial charge in [-0.3, -0.25) is 4.79 Å². The average Bonchev–Trinajstić information content (AvgIpc) is 2.08. The average molecular weight is 285 g/mol. The van der Waals surface area contributed by atoms with Crippen molar-refractivity contribution in [1.29, 1.82) is 0 Å². The van der Waals surface area contributed by atoms with E-state index in [0.29, 0.717) is 18.1 Å². The molecule has 80 valence electrons. The van der Waals surface area contributed by atoms with Crippen LogP contribution in [0.15, 0.2) is 22.7 Å². The van der Waals surface area contributed by atoms with Crippen molar-refractivity contribution in [2.24, 2.45) is 5.92 Å². The van der Waals surface area contributed by atoms with E-state index in [0.717, 1.165) is 21.5 Å². The van der Waals surface area contributed by atoms with E-state index in [1.54, 1.807) is 0 Å². The first-order chi connectivity index (χ1) is 7.16. The molecule has 0 aliphatic carbocycles. The first-order valence-electron chi connectivity index (χ1n) is 5.02. The molecule has 3 heteroatoms. The third kappa shape index (κ3) is 2.64. The Labute approximate surface area is 103 Å². The lowest BCUT2D eigenvalue weighted by Crippen LogP contribution is -2.28. The molecule has 1 aromatic rings. The number of carbonyl (C=O) groups is 1. The van der Waals surface area contributed by atoms with Crippen molar-refractivity contribution >= 4 is 33.5 Å². The molecule has 0 bridgehead atoms. The Kier molecular flexibility index (Phi) is 3.52. The number of hydrogen-bond donors (Lipinski definition) is 0. The number of rotatable bonds is 3. The van der Waals surface area contributed by atoms with Crippen LogP contribution in [-0.4, -0.2) is 17.3 Å². The Morgan fingerprint density at radius 2 is 2.27 bits per heavy atom. The molecule has 0 amide bonds. The van der Waals surface area contributed by atoms with Crippen LogP contribution in [-0.2, 0) is 11.2 Å². The van der Waals surface area contributed by atoms with Crippen molar-refractivity contribution in [3.63, 3.8) is 0 Å². The molecule has 1 saturated heterocycles. The van der Waals surface area contributed by atoms with Gasteiger partial charge in [0.25, 0.3) is 0 Å². The van der Waals surface area contributed by atoms with Crippen molar-refractivity contribution < 1.29 is 4.79 Å². The van der Waals surface area contributed by atoms with E-state index in [1.165, 1.54) is 5.56 Å². The number of thioether (sulfide) groups is 1. The largest absolute Gasteiger partial charge is 0.299 e. The van der Waals surface area contributed by atoms with Crippen molar-refractivity contribution in [2.45, 2.75) is 13.3 Å². The van der Waals surface area contributed by atoms with E-state index in [1.807, 2.05) is 17.8 Å². The first kappa shape index (κ1) is 11.2. The molecule has 0 atom stereocenters. The summed E-state index contributed by atoms with van der Waals surface area (Å²) in [7, 11) is 0. The second-order valence-corrected chi connectivity index (χ2v) is 5.94. The maximum absolute atomic E-state index is 11.8. The first-order valence-corrected chi connectivity index (χ1v) is 6.97. The van der Waals surface area contributed by atoms with Gasteiger partial charge in [-0.25, -0.2) is 0 Å². The Bertz CT molecular complexity index is 385.